The highest BCUT2D eigenvalue weighted by molar-refractivity contribution is 6.00. The van der Waals surface area contributed by atoms with Gasteiger partial charge in [-0.15, -0.1) is 0 Å². The molecule has 0 saturated heterocycles. The molecule has 6 heteroatoms. The molecule has 0 radical (unpaired) electrons. The predicted molar refractivity (Wildman–Crippen MR) is 63.7 cm³/mol. The lowest BCUT2D eigenvalue weighted by Gasteiger charge is -2.13. The Kier molecular flexibility index (Phi) is 2.95. The zero-order valence-corrected chi connectivity index (χ0v) is 9.71. The van der Waals surface area contributed by atoms with Gasteiger partial charge in [-0.25, -0.2) is 0 Å². The van der Waals surface area contributed by atoms with Gasteiger partial charge in [-0.3, -0.25) is 15.1 Å². The minimum Gasteiger partial charge on any atom is -0.490 e. The smallest absolute Gasteiger partial charge is 0.311 e. The van der Waals surface area contributed by atoms with Gasteiger partial charge in [0.25, 0.3) is 0 Å². The van der Waals surface area contributed by atoms with Gasteiger partial charge in [0.1, 0.15) is 5.84 Å². The lowest BCUT2D eigenvalue weighted by Crippen LogP contribution is -2.23. The highest BCUT2D eigenvalue weighted by atomic mass is 16.6. The molecule has 17 heavy (non-hydrogen) atoms. The van der Waals surface area contributed by atoms with E-state index in [9.17, 15) is 10.1 Å². The van der Waals surface area contributed by atoms with E-state index in [2.05, 4.69) is 4.99 Å². The third kappa shape index (κ3) is 2.06. The number of rotatable bonds is 3. The van der Waals surface area contributed by atoms with Crippen molar-refractivity contribution in [3.8, 4) is 5.75 Å². The van der Waals surface area contributed by atoms with Crippen LogP contribution in [-0.2, 0) is 0 Å². The first-order valence-corrected chi connectivity index (χ1v) is 5.22. The highest BCUT2D eigenvalue weighted by Gasteiger charge is 2.20. The number of nitrogens with zero attached hydrogens (tertiary/aromatic N) is 3. The van der Waals surface area contributed by atoms with Crippen molar-refractivity contribution >= 4 is 11.5 Å². The number of amidine groups is 1. The maximum Gasteiger partial charge on any atom is 0.311 e. The predicted octanol–water partition coefficient (Wildman–Crippen LogP) is 1.30. The summed E-state index contributed by atoms with van der Waals surface area (Å²) in [5, 5.41) is 10.9. The van der Waals surface area contributed by atoms with Crippen molar-refractivity contribution in [3.05, 3.63) is 33.9 Å². The second-order valence-electron chi connectivity index (χ2n) is 3.77. The number of benzene rings is 1. The van der Waals surface area contributed by atoms with E-state index in [4.69, 9.17) is 4.74 Å². The summed E-state index contributed by atoms with van der Waals surface area (Å²) in [6.07, 6.45) is 0. The van der Waals surface area contributed by atoms with Gasteiger partial charge in [0.2, 0.25) is 0 Å². The number of methoxy groups -OCH3 is 1. The molecule has 2 rings (SSSR count). The average Bonchev–Trinajstić information content (AvgIpc) is 2.74. The standard InChI is InChI=1S/C11H13N3O3/c1-13-6-5-12-11(13)8-3-4-10(17-2)9(7-8)14(15)16/h3-4,7H,5-6H2,1-2H3. The highest BCUT2D eigenvalue weighted by Crippen LogP contribution is 2.28. The molecule has 0 aromatic heterocycles. The molecule has 0 N–H and O–H groups in total. The van der Waals surface area contributed by atoms with Gasteiger partial charge in [0.05, 0.1) is 18.6 Å². The number of nitro groups is 1. The Balaban J connectivity index is 2.44. The van der Waals surface area contributed by atoms with Crippen molar-refractivity contribution < 1.29 is 9.66 Å². The summed E-state index contributed by atoms with van der Waals surface area (Å²) in [6.45, 7) is 1.57. The number of hydrogen-bond acceptors (Lipinski definition) is 5. The van der Waals surface area contributed by atoms with Crippen LogP contribution in [0.4, 0.5) is 5.69 Å². The number of nitro benzene ring substituents is 1. The molecule has 0 aliphatic carbocycles. The van der Waals surface area contributed by atoms with Crippen LogP contribution in [0.2, 0.25) is 0 Å². The van der Waals surface area contributed by atoms with Crippen LogP contribution in [0.5, 0.6) is 5.75 Å². The molecule has 1 aliphatic heterocycles. The molecule has 0 atom stereocenters. The van der Waals surface area contributed by atoms with Crippen LogP contribution < -0.4 is 4.74 Å². The normalized spacial score (nSPS) is 14.7. The lowest BCUT2D eigenvalue weighted by atomic mass is 10.1. The second-order valence-corrected chi connectivity index (χ2v) is 3.77. The van der Waals surface area contributed by atoms with Crippen LogP contribution in [0, 0.1) is 10.1 Å². The molecule has 6 nitrogen and oxygen atoms in total. The molecule has 0 amide bonds. The molecule has 0 unspecified atom stereocenters. The zero-order chi connectivity index (χ0) is 12.4. The summed E-state index contributed by atoms with van der Waals surface area (Å²) in [4.78, 5) is 16.8. The third-order valence-electron chi connectivity index (χ3n) is 2.69. The molecule has 0 saturated carbocycles. The van der Waals surface area contributed by atoms with Gasteiger partial charge in [0.15, 0.2) is 5.75 Å². The molecule has 1 heterocycles. The summed E-state index contributed by atoms with van der Waals surface area (Å²) >= 11 is 0. The van der Waals surface area contributed by atoms with Crippen LogP contribution in [-0.4, -0.2) is 42.9 Å². The maximum absolute atomic E-state index is 10.9. The Labute approximate surface area is 98.7 Å². The van der Waals surface area contributed by atoms with Crippen molar-refractivity contribution in [2.75, 3.05) is 27.2 Å². The second kappa shape index (κ2) is 4.40. The van der Waals surface area contributed by atoms with Crippen LogP contribution in [0.15, 0.2) is 23.2 Å². The molecule has 0 fully saturated rings. The molecule has 1 aliphatic rings. The first kappa shape index (κ1) is 11.4. The Morgan fingerprint density at radius 3 is 2.82 bits per heavy atom. The van der Waals surface area contributed by atoms with Gasteiger partial charge in [0, 0.05) is 25.2 Å². The number of hydrogen-bond donors (Lipinski definition) is 0. The van der Waals surface area contributed by atoms with Gasteiger partial charge < -0.3 is 9.64 Å². The van der Waals surface area contributed by atoms with Gasteiger partial charge in [-0.2, -0.15) is 0 Å². The molecule has 1 aromatic carbocycles. The molecular weight excluding hydrogens is 222 g/mol. The number of ether oxygens (including phenoxy) is 1. The molecule has 1 aromatic rings. The fourth-order valence-electron chi connectivity index (χ4n) is 1.82. The van der Waals surface area contributed by atoms with Crippen LogP contribution in [0.1, 0.15) is 5.56 Å². The van der Waals surface area contributed by atoms with E-state index in [1.54, 1.807) is 12.1 Å². The Morgan fingerprint density at radius 1 is 1.53 bits per heavy atom. The van der Waals surface area contributed by atoms with Crippen molar-refractivity contribution in [3.63, 3.8) is 0 Å². The Morgan fingerprint density at radius 2 is 2.29 bits per heavy atom. The summed E-state index contributed by atoms with van der Waals surface area (Å²) in [6, 6.07) is 4.88. The summed E-state index contributed by atoms with van der Waals surface area (Å²) < 4.78 is 4.96. The molecule has 0 bridgehead atoms. The van der Waals surface area contributed by atoms with Crippen LogP contribution in [0.25, 0.3) is 0 Å². The quantitative estimate of drug-likeness (QED) is 0.585. The minimum absolute atomic E-state index is 0.0343. The summed E-state index contributed by atoms with van der Waals surface area (Å²) in [5.74, 6) is 1.05. The Hall–Kier alpha value is -2.11. The monoisotopic (exact) mass is 235 g/mol. The lowest BCUT2D eigenvalue weighted by molar-refractivity contribution is -0.385. The average molecular weight is 235 g/mol. The van der Waals surface area contributed by atoms with Crippen LogP contribution in [0.3, 0.4) is 0 Å². The SMILES string of the molecule is COc1ccc(C2=NCCN2C)cc1[N+](=O)[O-]. The van der Waals surface area contributed by atoms with E-state index < -0.39 is 4.92 Å². The minimum atomic E-state index is -0.447. The van der Waals surface area contributed by atoms with Crippen molar-refractivity contribution in [2.24, 2.45) is 4.99 Å². The van der Waals surface area contributed by atoms with E-state index >= 15 is 0 Å². The van der Waals surface area contributed by atoms with Gasteiger partial charge >= 0.3 is 5.69 Å². The number of likely N-dealkylation sites (N-methyl/N-ethyl adjacent to an activating group) is 1. The van der Waals surface area contributed by atoms with E-state index in [0.29, 0.717) is 0 Å². The van der Waals surface area contributed by atoms with E-state index in [0.717, 1.165) is 24.5 Å². The van der Waals surface area contributed by atoms with E-state index in [1.165, 1.54) is 13.2 Å². The first-order chi connectivity index (χ1) is 8.13. The topological polar surface area (TPSA) is 68.0 Å². The first-order valence-electron chi connectivity index (χ1n) is 5.22. The van der Waals surface area contributed by atoms with E-state index in [-0.39, 0.29) is 11.4 Å². The van der Waals surface area contributed by atoms with Gasteiger partial charge in [-0.1, -0.05) is 0 Å². The summed E-state index contributed by atoms with van der Waals surface area (Å²) in [7, 11) is 3.34. The summed E-state index contributed by atoms with van der Waals surface area (Å²) in [5.41, 5.74) is 0.713. The molecular formula is C11H13N3O3. The van der Waals surface area contributed by atoms with Crippen molar-refractivity contribution in [1.82, 2.24) is 4.90 Å². The van der Waals surface area contributed by atoms with Gasteiger partial charge in [-0.05, 0) is 12.1 Å². The maximum atomic E-state index is 10.9. The number of aliphatic imine (C=N–C) groups is 1. The third-order valence-corrected chi connectivity index (χ3v) is 2.69. The fraction of sp³-hybridized carbons (Fsp3) is 0.364. The van der Waals surface area contributed by atoms with Crippen molar-refractivity contribution in [2.45, 2.75) is 0 Å². The zero-order valence-electron chi connectivity index (χ0n) is 9.71. The molecule has 0 spiro atoms. The van der Waals surface area contributed by atoms with E-state index in [1.807, 2.05) is 11.9 Å². The van der Waals surface area contributed by atoms with Crippen molar-refractivity contribution in [1.29, 1.82) is 0 Å². The Bertz CT molecular complexity index is 485. The molecule has 90 valence electrons. The largest absolute Gasteiger partial charge is 0.490 e. The van der Waals surface area contributed by atoms with Crippen LogP contribution >= 0.6 is 0 Å². The fourth-order valence-corrected chi connectivity index (χ4v) is 1.82.